The minimum atomic E-state index is -0.546. The SMILES string of the molecule is CC(C)(C)NC1=NC(c2ccc(Br)c(Cl)c2)C(=O)N1. The summed E-state index contributed by atoms with van der Waals surface area (Å²) in [4.78, 5) is 16.3. The molecule has 0 bridgehead atoms. The first-order valence-corrected chi connectivity index (χ1v) is 7.05. The van der Waals surface area contributed by atoms with E-state index in [0.717, 1.165) is 10.0 Å². The van der Waals surface area contributed by atoms with E-state index >= 15 is 0 Å². The van der Waals surface area contributed by atoms with Crippen LogP contribution in [0.1, 0.15) is 32.4 Å². The molecule has 1 amide bonds. The Balaban J connectivity index is 2.25. The van der Waals surface area contributed by atoms with Crippen molar-refractivity contribution >= 4 is 39.4 Å². The van der Waals surface area contributed by atoms with Crippen LogP contribution < -0.4 is 10.6 Å². The third-order valence-corrected chi connectivity index (χ3v) is 3.73. The molecular formula is C13H15BrClN3O. The first-order chi connectivity index (χ1) is 8.76. The molecule has 1 aromatic rings. The summed E-state index contributed by atoms with van der Waals surface area (Å²) in [5.41, 5.74) is 0.620. The summed E-state index contributed by atoms with van der Waals surface area (Å²) in [6.07, 6.45) is 0. The number of rotatable bonds is 1. The van der Waals surface area contributed by atoms with Gasteiger partial charge in [0.1, 0.15) is 0 Å². The van der Waals surface area contributed by atoms with Gasteiger partial charge in [0, 0.05) is 10.0 Å². The normalized spacial score (nSPS) is 19.1. The molecule has 0 saturated heterocycles. The Kier molecular flexibility index (Phi) is 3.87. The van der Waals surface area contributed by atoms with Gasteiger partial charge in [-0.1, -0.05) is 17.7 Å². The average molecular weight is 345 g/mol. The van der Waals surface area contributed by atoms with Crippen molar-refractivity contribution in [2.45, 2.75) is 32.4 Å². The van der Waals surface area contributed by atoms with Crippen LogP contribution in [0.2, 0.25) is 5.02 Å². The first-order valence-electron chi connectivity index (χ1n) is 5.88. The fraction of sp³-hybridized carbons (Fsp3) is 0.385. The molecule has 0 fully saturated rings. The van der Waals surface area contributed by atoms with Gasteiger partial charge in [-0.3, -0.25) is 10.1 Å². The van der Waals surface area contributed by atoms with E-state index in [4.69, 9.17) is 11.6 Å². The maximum Gasteiger partial charge on any atom is 0.256 e. The fourth-order valence-corrected chi connectivity index (χ4v) is 2.17. The Morgan fingerprint density at radius 2 is 2.11 bits per heavy atom. The highest BCUT2D eigenvalue weighted by molar-refractivity contribution is 9.10. The molecule has 1 atom stereocenters. The zero-order valence-electron chi connectivity index (χ0n) is 10.9. The van der Waals surface area contributed by atoms with Crippen LogP contribution in [-0.2, 0) is 4.79 Å². The Morgan fingerprint density at radius 3 is 2.68 bits per heavy atom. The Bertz CT molecular complexity index is 551. The summed E-state index contributed by atoms with van der Waals surface area (Å²) in [5, 5.41) is 6.46. The molecule has 2 rings (SSSR count). The first kappa shape index (κ1) is 14.3. The van der Waals surface area contributed by atoms with Crippen molar-refractivity contribution in [2.24, 2.45) is 4.99 Å². The highest BCUT2D eigenvalue weighted by atomic mass is 79.9. The van der Waals surface area contributed by atoms with E-state index in [1.165, 1.54) is 0 Å². The summed E-state index contributed by atoms with van der Waals surface area (Å²) in [7, 11) is 0. The Hall–Kier alpha value is -1.07. The molecule has 0 spiro atoms. The lowest BCUT2D eigenvalue weighted by Crippen LogP contribution is -2.46. The zero-order valence-corrected chi connectivity index (χ0v) is 13.3. The number of aliphatic imine (C=N–C) groups is 1. The monoisotopic (exact) mass is 343 g/mol. The minimum Gasteiger partial charge on any atom is -0.351 e. The number of carbonyl (C=O) groups excluding carboxylic acids is 1. The number of hydrogen-bond donors (Lipinski definition) is 2. The number of amides is 1. The van der Waals surface area contributed by atoms with Gasteiger partial charge < -0.3 is 5.32 Å². The van der Waals surface area contributed by atoms with Crippen LogP contribution in [0, 0.1) is 0 Å². The van der Waals surface area contributed by atoms with E-state index in [-0.39, 0.29) is 11.4 Å². The predicted octanol–water partition coefficient (Wildman–Crippen LogP) is 3.02. The zero-order chi connectivity index (χ0) is 14.2. The maximum absolute atomic E-state index is 11.9. The van der Waals surface area contributed by atoms with Crippen molar-refractivity contribution < 1.29 is 4.79 Å². The van der Waals surface area contributed by atoms with E-state index in [1.807, 2.05) is 32.9 Å². The molecule has 1 aromatic carbocycles. The summed E-state index contributed by atoms with van der Waals surface area (Å²) in [6.45, 7) is 6.02. The van der Waals surface area contributed by atoms with Crippen LogP contribution in [0.4, 0.5) is 0 Å². The second-order valence-electron chi connectivity index (χ2n) is 5.42. The van der Waals surface area contributed by atoms with Crippen LogP contribution in [0.15, 0.2) is 27.7 Å². The molecule has 6 heteroatoms. The highest BCUT2D eigenvalue weighted by Crippen LogP contribution is 2.29. The number of guanidine groups is 1. The standard InChI is InChI=1S/C13H15BrClN3O/c1-13(2,3)18-12-16-10(11(19)17-12)7-4-5-8(14)9(15)6-7/h4-6,10H,1-3H3,(H2,16,17,18,19). The van der Waals surface area contributed by atoms with E-state index in [1.54, 1.807) is 6.07 Å². The predicted molar refractivity (Wildman–Crippen MR) is 80.4 cm³/mol. The van der Waals surface area contributed by atoms with E-state index in [2.05, 4.69) is 31.6 Å². The summed E-state index contributed by atoms with van der Waals surface area (Å²) in [5.74, 6) is 0.353. The highest BCUT2D eigenvalue weighted by Gasteiger charge is 2.29. The molecule has 4 nitrogen and oxygen atoms in total. The number of hydrogen-bond acceptors (Lipinski definition) is 3. The Morgan fingerprint density at radius 1 is 1.42 bits per heavy atom. The molecule has 2 N–H and O–H groups in total. The molecule has 1 unspecified atom stereocenters. The molecule has 0 aliphatic carbocycles. The lowest BCUT2D eigenvalue weighted by molar-refractivity contribution is -0.120. The molecule has 1 aliphatic rings. The van der Waals surface area contributed by atoms with Crippen molar-refractivity contribution in [3.8, 4) is 0 Å². The third-order valence-electron chi connectivity index (χ3n) is 2.50. The van der Waals surface area contributed by atoms with Gasteiger partial charge in [-0.2, -0.15) is 0 Å². The molecule has 0 radical (unpaired) electrons. The van der Waals surface area contributed by atoms with Gasteiger partial charge in [0.15, 0.2) is 12.0 Å². The van der Waals surface area contributed by atoms with Gasteiger partial charge >= 0.3 is 0 Å². The van der Waals surface area contributed by atoms with Crippen molar-refractivity contribution in [1.82, 2.24) is 10.6 Å². The van der Waals surface area contributed by atoms with Crippen molar-refractivity contribution in [3.63, 3.8) is 0 Å². The average Bonchev–Trinajstić information content (AvgIpc) is 2.61. The van der Waals surface area contributed by atoms with Crippen LogP contribution in [0.25, 0.3) is 0 Å². The number of carbonyl (C=O) groups is 1. The van der Waals surface area contributed by atoms with Gasteiger partial charge in [-0.25, -0.2) is 4.99 Å². The lowest BCUT2D eigenvalue weighted by atomic mass is 10.1. The number of benzene rings is 1. The van der Waals surface area contributed by atoms with E-state index in [9.17, 15) is 4.79 Å². The quantitative estimate of drug-likeness (QED) is 0.823. The molecule has 19 heavy (non-hydrogen) atoms. The van der Waals surface area contributed by atoms with Gasteiger partial charge in [-0.15, -0.1) is 0 Å². The summed E-state index contributed by atoms with van der Waals surface area (Å²) < 4.78 is 0.799. The lowest BCUT2D eigenvalue weighted by Gasteiger charge is -2.21. The maximum atomic E-state index is 11.9. The molecular weight excluding hydrogens is 330 g/mol. The molecule has 102 valence electrons. The molecule has 1 aliphatic heterocycles. The van der Waals surface area contributed by atoms with Crippen LogP contribution in [-0.4, -0.2) is 17.4 Å². The summed E-state index contributed by atoms with van der Waals surface area (Å²) >= 11 is 9.36. The number of nitrogens with zero attached hydrogens (tertiary/aromatic N) is 1. The molecule has 1 heterocycles. The van der Waals surface area contributed by atoms with Crippen molar-refractivity contribution in [1.29, 1.82) is 0 Å². The molecule has 0 aromatic heterocycles. The van der Waals surface area contributed by atoms with Gasteiger partial charge in [0.2, 0.25) is 0 Å². The van der Waals surface area contributed by atoms with Crippen LogP contribution in [0.5, 0.6) is 0 Å². The number of halogens is 2. The van der Waals surface area contributed by atoms with E-state index in [0.29, 0.717) is 11.0 Å². The van der Waals surface area contributed by atoms with Crippen LogP contribution in [0.3, 0.4) is 0 Å². The second kappa shape index (κ2) is 5.13. The minimum absolute atomic E-state index is 0.148. The van der Waals surface area contributed by atoms with Gasteiger partial charge in [0.25, 0.3) is 5.91 Å². The van der Waals surface area contributed by atoms with Crippen molar-refractivity contribution in [2.75, 3.05) is 0 Å². The summed E-state index contributed by atoms with van der Waals surface area (Å²) in [6, 6.07) is 4.86. The molecule has 0 saturated carbocycles. The van der Waals surface area contributed by atoms with Gasteiger partial charge in [-0.05, 0) is 54.4 Å². The van der Waals surface area contributed by atoms with Crippen LogP contribution >= 0.6 is 27.5 Å². The fourth-order valence-electron chi connectivity index (χ4n) is 1.73. The smallest absolute Gasteiger partial charge is 0.256 e. The topological polar surface area (TPSA) is 53.5 Å². The third kappa shape index (κ3) is 3.48. The largest absolute Gasteiger partial charge is 0.351 e. The second-order valence-corrected chi connectivity index (χ2v) is 6.68. The van der Waals surface area contributed by atoms with E-state index < -0.39 is 6.04 Å². The van der Waals surface area contributed by atoms with Gasteiger partial charge in [0.05, 0.1) is 5.02 Å². The Labute approximate surface area is 125 Å². The number of nitrogens with one attached hydrogen (secondary N) is 2. The van der Waals surface area contributed by atoms with Crippen molar-refractivity contribution in [3.05, 3.63) is 33.3 Å².